The first kappa shape index (κ1) is 19.1. The summed E-state index contributed by atoms with van der Waals surface area (Å²) in [5.41, 5.74) is 0. The third kappa shape index (κ3) is 6.37. The van der Waals surface area contributed by atoms with Crippen molar-refractivity contribution in [2.75, 3.05) is 6.54 Å². The lowest BCUT2D eigenvalue weighted by molar-refractivity contribution is -0.154. The number of unbranched alkanes of at least 4 members (excludes halogenated alkanes) is 2. The normalized spacial score (nSPS) is 12.4. The molecule has 0 aliphatic heterocycles. The van der Waals surface area contributed by atoms with Gasteiger partial charge in [-0.1, -0.05) is 44.4 Å². The standard InChI is InChI=1S/C15H22N2O5S/c1-2-3-5-8-13(11-17(20)12-18)15(19)16-23(21,22)14-9-6-4-7-10-14/h4,6-7,9-10,12-13,20H,2-3,5,8,11H2,1H3,(H,16,19). The van der Waals surface area contributed by atoms with Crippen LogP contribution in [0.15, 0.2) is 35.2 Å². The van der Waals surface area contributed by atoms with Gasteiger partial charge in [0.15, 0.2) is 0 Å². The van der Waals surface area contributed by atoms with Crippen LogP contribution in [0.3, 0.4) is 0 Å². The average molecular weight is 342 g/mol. The Morgan fingerprint density at radius 1 is 1.30 bits per heavy atom. The van der Waals surface area contributed by atoms with Crippen LogP contribution in [0.25, 0.3) is 0 Å². The van der Waals surface area contributed by atoms with E-state index in [2.05, 4.69) is 0 Å². The van der Waals surface area contributed by atoms with Gasteiger partial charge in [-0.15, -0.1) is 0 Å². The van der Waals surface area contributed by atoms with Crippen molar-refractivity contribution in [3.8, 4) is 0 Å². The molecule has 1 atom stereocenters. The number of sulfonamides is 1. The molecule has 0 spiro atoms. The third-order valence-electron chi connectivity index (χ3n) is 3.34. The van der Waals surface area contributed by atoms with Gasteiger partial charge >= 0.3 is 0 Å². The first-order chi connectivity index (χ1) is 10.9. The maximum Gasteiger partial charge on any atom is 0.264 e. The molecule has 0 aromatic heterocycles. The Labute approximate surface area is 136 Å². The van der Waals surface area contributed by atoms with Gasteiger partial charge in [0.2, 0.25) is 12.3 Å². The highest BCUT2D eigenvalue weighted by molar-refractivity contribution is 7.90. The van der Waals surface area contributed by atoms with Crippen molar-refractivity contribution in [3.05, 3.63) is 30.3 Å². The number of benzene rings is 1. The van der Waals surface area contributed by atoms with Crippen molar-refractivity contribution in [2.24, 2.45) is 5.92 Å². The van der Waals surface area contributed by atoms with E-state index in [1.807, 2.05) is 11.6 Å². The summed E-state index contributed by atoms with van der Waals surface area (Å²) in [6, 6.07) is 7.54. The van der Waals surface area contributed by atoms with E-state index >= 15 is 0 Å². The van der Waals surface area contributed by atoms with Gasteiger partial charge < -0.3 is 0 Å². The maximum atomic E-state index is 12.2. The monoisotopic (exact) mass is 342 g/mol. The zero-order valence-corrected chi connectivity index (χ0v) is 13.8. The highest BCUT2D eigenvalue weighted by atomic mass is 32.2. The minimum absolute atomic E-state index is 0.0168. The summed E-state index contributed by atoms with van der Waals surface area (Å²) in [4.78, 5) is 22.7. The predicted octanol–water partition coefficient (Wildman–Crippen LogP) is 1.54. The molecule has 0 fully saturated rings. The van der Waals surface area contributed by atoms with Gasteiger partial charge in [0, 0.05) is 0 Å². The Hall–Kier alpha value is -1.93. The summed E-state index contributed by atoms with van der Waals surface area (Å²) < 4.78 is 26.3. The lowest BCUT2D eigenvalue weighted by Gasteiger charge is -2.19. The highest BCUT2D eigenvalue weighted by Crippen LogP contribution is 2.14. The number of hydrogen-bond donors (Lipinski definition) is 2. The van der Waals surface area contributed by atoms with Crippen molar-refractivity contribution in [1.29, 1.82) is 0 Å². The summed E-state index contributed by atoms with van der Waals surface area (Å²) in [6.07, 6.45) is 3.09. The first-order valence-corrected chi connectivity index (χ1v) is 8.91. The molecule has 2 amide bonds. The fraction of sp³-hybridized carbons (Fsp3) is 0.467. The van der Waals surface area contributed by atoms with Crippen LogP contribution in [0.1, 0.15) is 32.6 Å². The van der Waals surface area contributed by atoms with E-state index in [-0.39, 0.29) is 17.9 Å². The van der Waals surface area contributed by atoms with Gasteiger partial charge in [-0.25, -0.2) is 18.2 Å². The number of carbonyl (C=O) groups excluding carboxylic acids is 2. The quantitative estimate of drug-likeness (QED) is 0.290. The molecule has 0 bridgehead atoms. The van der Waals surface area contributed by atoms with Crippen LogP contribution in [-0.2, 0) is 19.6 Å². The predicted molar refractivity (Wildman–Crippen MR) is 84.0 cm³/mol. The molecule has 23 heavy (non-hydrogen) atoms. The number of carbonyl (C=O) groups is 2. The molecule has 0 saturated carbocycles. The van der Waals surface area contributed by atoms with Crippen molar-refractivity contribution in [2.45, 2.75) is 37.5 Å². The van der Waals surface area contributed by atoms with E-state index in [0.29, 0.717) is 17.9 Å². The van der Waals surface area contributed by atoms with Gasteiger partial charge in [-0.3, -0.25) is 14.8 Å². The molecule has 1 aromatic carbocycles. The molecule has 0 aliphatic carbocycles. The van der Waals surface area contributed by atoms with Gasteiger partial charge in [-0.2, -0.15) is 0 Å². The number of hydrogen-bond acceptors (Lipinski definition) is 5. The summed E-state index contributed by atoms with van der Waals surface area (Å²) in [6.45, 7) is 1.75. The number of amides is 2. The zero-order valence-electron chi connectivity index (χ0n) is 13.0. The lowest BCUT2D eigenvalue weighted by atomic mass is 10.0. The van der Waals surface area contributed by atoms with Crippen LogP contribution in [-0.4, -0.2) is 37.6 Å². The molecule has 0 saturated heterocycles. The van der Waals surface area contributed by atoms with E-state index in [9.17, 15) is 23.2 Å². The van der Waals surface area contributed by atoms with Crippen molar-refractivity contribution in [3.63, 3.8) is 0 Å². The molecule has 0 aliphatic rings. The Balaban J connectivity index is 2.80. The topological polar surface area (TPSA) is 104 Å². The molecule has 1 unspecified atom stereocenters. The van der Waals surface area contributed by atoms with E-state index < -0.39 is 21.8 Å². The first-order valence-electron chi connectivity index (χ1n) is 7.43. The Morgan fingerprint density at radius 2 is 1.96 bits per heavy atom. The summed E-state index contributed by atoms with van der Waals surface area (Å²) in [7, 11) is -3.97. The molecule has 128 valence electrons. The molecule has 7 nitrogen and oxygen atoms in total. The summed E-state index contributed by atoms with van der Waals surface area (Å²) in [5.74, 6) is -1.53. The zero-order chi connectivity index (χ0) is 17.3. The lowest BCUT2D eigenvalue weighted by Crippen LogP contribution is -2.40. The number of nitrogens with one attached hydrogen (secondary N) is 1. The number of nitrogens with zero attached hydrogens (tertiary/aromatic N) is 1. The second-order valence-electron chi connectivity index (χ2n) is 5.20. The molecular weight excluding hydrogens is 320 g/mol. The van der Waals surface area contributed by atoms with Crippen LogP contribution in [0, 0.1) is 5.92 Å². The Bertz CT molecular complexity index is 604. The smallest absolute Gasteiger partial charge is 0.264 e. The minimum Gasteiger partial charge on any atom is -0.286 e. The average Bonchev–Trinajstić information content (AvgIpc) is 2.54. The van der Waals surface area contributed by atoms with E-state index in [1.165, 1.54) is 12.1 Å². The second-order valence-corrected chi connectivity index (χ2v) is 6.89. The fourth-order valence-corrected chi connectivity index (χ4v) is 3.15. The second kappa shape index (κ2) is 9.26. The molecule has 0 radical (unpaired) electrons. The molecular formula is C15H22N2O5S. The summed E-state index contributed by atoms with van der Waals surface area (Å²) >= 11 is 0. The van der Waals surface area contributed by atoms with Gasteiger partial charge in [-0.05, 0) is 18.6 Å². The van der Waals surface area contributed by atoms with Gasteiger partial charge in [0.05, 0.1) is 17.4 Å². The van der Waals surface area contributed by atoms with E-state index in [1.54, 1.807) is 18.2 Å². The van der Waals surface area contributed by atoms with Crippen molar-refractivity contribution < 1.29 is 23.2 Å². The third-order valence-corrected chi connectivity index (χ3v) is 4.71. The van der Waals surface area contributed by atoms with Gasteiger partial charge in [0.25, 0.3) is 10.0 Å². The Morgan fingerprint density at radius 3 is 2.52 bits per heavy atom. The minimum atomic E-state index is -3.97. The molecule has 8 heteroatoms. The molecule has 0 heterocycles. The van der Waals surface area contributed by atoms with Crippen LogP contribution in [0.5, 0.6) is 0 Å². The SMILES string of the molecule is CCCCCC(CN(O)C=O)C(=O)NS(=O)(=O)c1ccccc1. The van der Waals surface area contributed by atoms with Crippen molar-refractivity contribution in [1.82, 2.24) is 9.79 Å². The molecule has 2 N–H and O–H groups in total. The van der Waals surface area contributed by atoms with E-state index in [4.69, 9.17) is 0 Å². The Kier molecular flexibility index (Phi) is 7.70. The van der Waals surface area contributed by atoms with Crippen LogP contribution >= 0.6 is 0 Å². The van der Waals surface area contributed by atoms with Crippen LogP contribution < -0.4 is 4.72 Å². The fourth-order valence-electron chi connectivity index (χ4n) is 2.09. The highest BCUT2D eigenvalue weighted by Gasteiger charge is 2.25. The van der Waals surface area contributed by atoms with E-state index in [0.717, 1.165) is 12.8 Å². The maximum absolute atomic E-state index is 12.2. The van der Waals surface area contributed by atoms with Crippen LogP contribution in [0.4, 0.5) is 0 Å². The molecule has 1 aromatic rings. The van der Waals surface area contributed by atoms with Gasteiger partial charge in [0.1, 0.15) is 0 Å². The van der Waals surface area contributed by atoms with Crippen molar-refractivity contribution >= 4 is 22.3 Å². The summed E-state index contributed by atoms with van der Waals surface area (Å²) in [5, 5.41) is 9.64. The number of rotatable bonds is 10. The number of hydroxylamine groups is 2. The van der Waals surface area contributed by atoms with Crippen LogP contribution in [0.2, 0.25) is 0 Å². The molecule has 1 rings (SSSR count). The largest absolute Gasteiger partial charge is 0.286 e.